The van der Waals surface area contributed by atoms with Gasteiger partial charge < -0.3 is 14.8 Å². The third kappa shape index (κ3) is 2.94. The lowest BCUT2D eigenvalue weighted by molar-refractivity contribution is -0.136. The van der Waals surface area contributed by atoms with E-state index < -0.39 is 11.9 Å². The summed E-state index contributed by atoms with van der Waals surface area (Å²) in [4.78, 5) is 24.7. The van der Waals surface area contributed by atoms with E-state index in [-0.39, 0.29) is 18.9 Å². The fourth-order valence-corrected chi connectivity index (χ4v) is 0.694. The zero-order chi connectivity index (χ0) is 9.68. The maximum atomic E-state index is 11.0. The maximum Gasteiger partial charge on any atom is 0.307 e. The first kappa shape index (κ1) is 9.24. The van der Waals surface area contributed by atoms with Crippen LogP contribution >= 0.6 is 0 Å². The van der Waals surface area contributed by atoms with Crippen LogP contribution in [0.3, 0.4) is 0 Å². The fourth-order valence-electron chi connectivity index (χ4n) is 0.694. The smallest absolute Gasteiger partial charge is 0.307 e. The number of amides is 1. The highest BCUT2D eigenvalue weighted by Crippen LogP contribution is 1.93. The van der Waals surface area contributed by atoms with Gasteiger partial charge in [0.2, 0.25) is 0 Å². The number of aromatic nitrogens is 1. The molecular weight excluding hydrogens is 176 g/mol. The number of carboxylic acid groups (broad SMARTS) is 1. The van der Waals surface area contributed by atoms with Gasteiger partial charge in [-0.25, -0.2) is 4.98 Å². The normalized spacial score (nSPS) is 9.54. The van der Waals surface area contributed by atoms with Crippen LogP contribution in [0.15, 0.2) is 16.9 Å². The molecule has 0 bridgehead atoms. The van der Waals surface area contributed by atoms with Crippen LogP contribution in [0.1, 0.15) is 17.1 Å². The summed E-state index contributed by atoms with van der Waals surface area (Å²) in [6, 6.07) is 0. The van der Waals surface area contributed by atoms with Crippen LogP contribution in [0, 0.1) is 0 Å². The van der Waals surface area contributed by atoms with Crippen LogP contribution in [0.4, 0.5) is 0 Å². The lowest BCUT2D eigenvalue weighted by Crippen LogP contribution is -2.26. The van der Waals surface area contributed by atoms with Crippen molar-refractivity contribution >= 4 is 11.9 Å². The number of carbonyl (C=O) groups is 2. The molecule has 0 aliphatic rings. The molecule has 0 unspecified atom stereocenters. The number of nitrogens with one attached hydrogen (secondary N) is 1. The maximum absolute atomic E-state index is 11.0. The van der Waals surface area contributed by atoms with Gasteiger partial charge >= 0.3 is 11.9 Å². The van der Waals surface area contributed by atoms with Crippen molar-refractivity contribution in [3.8, 4) is 0 Å². The molecule has 6 nitrogen and oxygen atoms in total. The van der Waals surface area contributed by atoms with E-state index in [2.05, 4.69) is 14.7 Å². The summed E-state index contributed by atoms with van der Waals surface area (Å²) in [7, 11) is 0. The Hall–Kier alpha value is -1.85. The fraction of sp³-hybridized carbons (Fsp3) is 0.286. The minimum absolute atomic E-state index is 0.0645. The van der Waals surface area contributed by atoms with Crippen LogP contribution in [-0.4, -0.2) is 28.5 Å². The average molecular weight is 184 g/mol. The van der Waals surface area contributed by atoms with E-state index in [1.54, 1.807) is 0 Å². The van der Waals surface area contributed by atoms with Gasteiger partial charge in [-0.2, -0.15) is 0 Å². The number of hydrogen-bond acceptors (Lipinski definition) is 4. The molecule has 0 spiro atoms. The molecule has 1 aromatic heterocycles. The van der Waals surface area contributed by atoms with Gasteiger partial charge in [-0.05, 0) is 0 Å². The lowest BCUT2D eigenvalue weighted by Gasteiger charge is -1.98. The Bertz CT molecular complexity index is 293. The predicted molar refractivity (Wildman–Crippen MR) is 41.1 cm³/mol. The minimum atomic E-state index is -0.965. The highest BCUT2D eigenvalue weighted by atomic mass is 16.4. The molecule has 0 aliphatic carbocycles. The Kier molecular flexibility index (Phi) is 3.02. The number of nitrogens with zero attached hydrogens (tertiary/aromatic N) is 1. The largest absolute Gasteiger partial charge is 0.481 e. The Labute approximate surface area is 73.6 Å². The Morgan fingerprint density at radius 3 is 2.92 bits per heavy atom. The lowest BCUT2D eigenvalue weighted by atomic mass is 10.4. The second-order valence-electron chi connectivity index (χ2n) is 2.24. The van der Waals surface area contributed by atoms with Crippen LogP contribution in [-0.2, 0) is 4.79 Å². The SMILES string of the molecule is O=C(O)CCNC(=O)c1ncco1. The Morgan fingerprint density at radius 2 is 2.38 bits per heavy atom. The quantitative estimate of drug-likeness (QED) is 0.680. The molecule has 0 aliphatic heterocycles. The molecule has 13 heavy (non-hydrogen) atoms. The molecule has 1 amide bonds. The van der Waals surface area contributed by atoms with E-state index in [0.717, 1.165) is 0 Å². The number of aliphatic carboxylic acids is 1. The average Bonchev–Trinajstić information content (AvgIpc) is 2.55. The van der Waals surface area contributed by atoms with Crippen molar-refractivity contribution in [1.29, 1.82) is 0 Å². The molecule has 0 saturated carbocycles. The van der Waals surface area contributed by atoms with Gasteiger partial charge in [0, 0.05) is 6.54 Å². The molecular formula is C7H8N2O4. The van der Waals surface area contributed by atoms with Crippen molar-refractivity contribution in [3.05, 3.63) is 18.4 Å². The number of carbonyl (C=O) groups excluding carboxylic acids is 1. The van der Waals surface area contributed by atoms with Gasteiger partial charge in [-0.3, -0.25) is 9.59 Å². The summed E-state index contributed by atoms with van der Waals surface area (Å²) in [5.41, 5.74) is 0. The van der Waals surface area contributed by atoms with Crippen LogP contribution in [0.25, 0.3) is 0 Å². The minimum Gasteiger partial charge on any atom is -0.481 e. The van der Waals surface area contributed by atoms with Crippen molar-refractivity contribution in [3.63, 3.8) is 0 Å². The van der Waals surface area contributed by atoms with Crippen LogP contribution in [0.5, 0.6) is 0 Å². The van der Waals surface area contributed by atoms with E-state index in [9.17, 15) is 9.59 Å². The molecule has 0 fully saturated rings. The summed E-state index contributed by atoms with van der Waals surface area (Å²) in [5.74, 6) is -1.54. The monoisotopic (exact) mass is 184 g/mol. The molecule has 6 heteroatoms. The first-order valence-electron chi connectivity index (χ1n) is 3.59. The van der Waals surface area contributed by atoms with E-state index in [1.807, 2.05) is 0 Å². The third-order valence-corrected chi connectivity index (χ3v) is 1.25. The van der Waals surface area contributed by atoms with Crippen molar-refractivity contribution in [2.24, 2.45) is 0 Å². The number of oxazole rings is 1. The summed E-state index contributed by atoms with van der Waals surface area (Å²) < 4.78 is 4.68. The van der Waals surface area contributed by atoms with Gasteiger partial charge in [-0.1, -0.05) is 0 Å². The second-order valence-corrected chi connectivity index (χ2v) is 2.24. The van der Waals surface area contributed by atoms with Crippen molar-refractivity contribution in [2.75, 3.05) is 6.54 Å². The van der Waals surface area contributed by atoms with E-state index in [1.165, 1.54) is 12.5 Å². The van der Waals surface area contributed by atoms with Crippen LogP contribution in [0.2, 0.25) is 0 Å². The predicted octanol–water partition coefficient (Wildman–Crippen LogP) is -0.121. The number of carboxylic acids is 1. The van der Waals surface area contributed by atoms with Crippen molar-refractivity contribution < 1.29 is 19.1 Å². The van der Waals surface area contributed by atoms with Crippen LogP contribution < -0.4 is 5.32 Å². The molecule has 0 atom stereocenters. The molecule has 1 rings (SSSR count). The molecule has 2 N–H and O–H groups in total. The summed E-state index contributed by atoms with van der Waals surface area (Å²) >= 11 is 0. The molecule has 0 saturated heterocycles. The van der Waals surface area contributed by atoms with E-state index in [4.69, 9.17) is 5.11 Å². The molecule has 1 heterocycles. The molecule has 0 aromatic carbocycles. The number of rotatable bonds is 4. The molecule has 70 valence electrons. The Morgan fingerprint density at radius 1 is 1.62 bits per heavy atom. The second kappa shape index (κ2) is 4.24. The molecule has 0 radical (unpaired) electrons. The zero-order valence-electron chi connectivity index (χ0n) is 6.69. The molecule has 1 aromatic rings. The zero-order valence-corrected chi connectivity index (χ0v) is 6.69. The summed E-state index contributed by atoms with van der Waals surface area (Å²) in [6.07, 6.45) is 2.49. The highest BCUT2D eigenvalue weighted by Gasteiger charge is 2.09. The summed E-state index contributed by atoms with van der Waals surface area (Å²) in [6.45, 7) is 0.0660. The van der Waals surface area contributed by atoms with Gasteiger partial charge in [0.05, 0.1) is 12.6 Å². The van der Waals surface area contributed by atoms with Gasteiger partial charge in [-0.15, -0.1) is 0 Å². The van der Waals surface area contributed by atoms with E-state index >= 15 is 0 Å². The van der Waals surface area contributed by atoms with Gasteiger partial charge in [0.15, 0.2) is 0 Å². The van der Waals surface area contributed by atoms with Gasteiger partial charge in [0.1, 0.15) is 6.26 Å². The Balaban J connectivity index is 2.31. The summed E-state index contributed by atoms with van der Waals surface area (Å²) in [5, 5.41) is 10.6. The third-order valence-electron chi connectivity index (χ3n) is 1.25. The standard InChI is InChI=1S/C7H8N2O4/c10-5(11)1-2-8-6(12)7-9-3-4-13-7/h3-4H,1-2H2,(H,8,12)(H,10,11). The number of hydrogen-bond donors (Lipinski definition) is 2. The first-order valence-corrected chi connectivity index (χ1v) is 3.59. The van der Waals surface area contributed by atoms with Gasteiger partial charge in [0.25, 0.3) is 5.89 Å². The van der Waals surface area contributed by atoms with Crippen molar-refractivity contribution in [2.45, 2.75) is 6.42 Å². The first-order chi connectivity index (χ1) is 6.20. The highest BCUT2D eigenvalue weighted by molar-refractivity contribution is 5.89. The van der Waals surface area contributed by atoms with E-state index in [0.29, 0.717) is 0 Å². The van der Waals surface area contributed by atoms with Crippen molar-refractivity contribution in [1.82, 2.24) is 10.3 Å². The topological polar surface area (TPSA) is 92.4 Å².